The maximum atomic E-state index is 11.4. The first-order valence-corrected chi connectivity index (χ1v) is 5.99. The van der Waals surface area contributed by atoms with Gasteiger partial charge >= 0.3 is 5.97 Å². The predicted molar refractivity (Wildman–Crippen MR) is 62.4 cm³/mol. The summed E-state index contributed by atoms with van der Waals surface area (Å²) in [5.74, 6) is -0.146. The van der Waals surface area contributed by atoms with Crippen LogP contribution in [0.15, 0.2) is 0 Å². The molecule has 0 radical (unpaired) electrons. The van der Waals surface area contributed by atoms with Gasteiger partial charge in [-0.2, -0.15) is 0 Å². The van der Waals surface area contributed by atoms with Crippen molar-refractivity contribution in [3.8, 4) is 0 Å². The number of hydrogen-bond donors (Lipinski definition) is 1. The molecule has 1 heterocycles. The Balaban J connectivity index is 2.57. The SMILES string of the molecule is COC(=O)C(NCc1nnsc1Cl)C(C)C. The largest absolute Gasteiger partial charge is 0.468 e. The van der Waals surface area contributed by atoms with E-state index >= 15 is 0 Å². The number of methoxy groups -OCH3 is 1. The fourth-order valence-corrected chi connectivity index (χ4v) is 1.85. The van der Waals surface area contributed by atoms with E-state index in [9.17, 15) is 4.79 Å². The summed E-state index contributed by atoms with van der Waals surface area (Å²) in [7, 11) is 1.37. The van der Waals surface area contributed by atoms with Crippen molar-refractivity contribution in [1.82, 2.24) is 14.9 Å². The smallest absolute Gasteiger partial charge is 0.323 e. The Morgan fingerprint density at radius 2 is 2.31 bits per heavy atom. The minimum Gasteiger partial charge on any atom is -0.468 e. The number of nitrogens with zero attached hydrogens (tertiary/aromatic N) is 2. The molecule has 0 aliphatic carbocycles. The van der Waals surface area contributed by atoms with Crippen molar-refractivity contribution in [2.75, 3.05) is 7.11 Å². The van der Waals surface area contributed by atoms with Crippen LogP contribution in [0.1, 0.15) is 19.5 Å². The van der Waals surface area contributed by atoms with E-state index in [0.29, 0.717) is 16.6 Å². The van der Waals surface area contributed by atoms with Gasteiger partial charge < -0.3 is 4.74 Å². The van der Waals surface area contributed by atoms with Crippen LogP contribution in [0.25, 0.3) is 0 Å². The lowest BCUT2D eigenvalue weighted by Gasteiger charge is -2.19. The van der Waals surface area contributed by atoms with Gasteiger partial charge in [0.05, 0.1) is 7.11 Å². The summed E-state index contributed by atoms with van der Waals surface area (Å²) in [6, 6.07) is -0.359. The quantitative estimate of drug-likeness (QED) is 0.816. The van der Waals surface area contributed by atoms with E-state index in [-0.39, 0.29) is 17.9 Å². The molecule has 1 atom stereocenters. The molecule has 0 amide bonds. The Labute approximate surface area is 103 Å². The molecule has 7 heteroatoms. The molecule has 1 aromatic heterocycles. The second kappa shape index (κ2) is 6.12. The van der Waals surface area contributed by atoms with E-state index in [2.05, 4.69) is 14.9 Å². The number of esters is 1. The third-order valence-corrected chi connectivity index (χ3v) is 3.10. The number of halogens is 1. The van der Waals surface area contributed by atoms with Gasteiger partial charge in [0.25, 0.3) is 0 Å². The zero-order valence-corrected chi connectivity index (χ0v) is 10.9. The second-order valence-corrected chi connectivity index (χ2v) is 4.98. The van der Waals surface area contributed by atoms with Gasteiger partial charge in [0, 0.05) is 18.1 Å². The summed E-state index contributed by atoms with van der Waals surface area (Å²) in [5.41, 5.74) is 0.654. The molecule has 1 N–H and O–H groups in total. The first kappa shape index (κ1) is 13.3. The highest BCUT2D eigenvalue weighted by Gasteiger charge is 2.22. The Bertz CT molecular complexity index is 356. The average Bonchev–Trinajstić information content (AvgIpc) is 2.64. The molecule has 1 aromatic rings. The van der Waals surface area contributed by atoms with Gasteiger partial charge in [-0.15, -0.1) is 5.10 Å². The molecule has 0 aliphatic rings. The van der Waals surface area contributed by atoms with E-state index in [0.717, 1.165) is 11.5 Å². The lowest BCUT2D eigenvalue weighted by atomic mass is 10.0. The maximum Gasteiger partial charge on any atom is 0.323 e. The van der Waals surface area contributed by atoms with E-state index in [4.69, 9.17) is 16.3 Å². The summed E-state index contributed by atoms with van der Waals surface area (Å²) in [4.78, 5) is 11.4. The molecule has 0 fully saturated rings. The topological polar surface area (TPSA) is 64.1 Å². The van der Waals surface area contributed by atoms with Crippen molar-refractivity contribution < 1.29 is 9.53 Å². The number of carbonyl (C=O) groups excluding carboxylic acids is 1. The van der Waals surface area contributed by atoms with Crippen molar-refractivity contribution in [2.24, 2.45) is 5.92 Å². The van der Waals surface area contributed by atoms with Gasteiger partial charge in [0.1, 0.15) is 16.1 Å². The minimum absolute atomic E-state index is 0.137. The Hall–Kier alpha value is -0.720. The van der Waals surface area contributed by atoms with Crippen LogP contribution in [0.3, 0.4) is 0 Å². The van der Waals surface area contributed by atoms with E-state index in [1.807, 2.05) is 13.8 Å². The number of nitrogens with one attached hydrogen (secondary N) is 1. The molecule has 0 aliphatic heterocycles. The molecule has 5 nitrogen and oxygen atoms in total. The van der Waals surface area contributed by atoms with Crippen molar-refractivity contribution in [2.45, 2.75) is 26.4 Å². The molecule has 0 saturated heterocycles. The summed E-state index contributed by atoms with van der Waals surface area (Å²) in [6.45, 7) is 4.29. The van der Waals surface area contributed by atoms with Gasteiger partial charge in [-0.05, 0) is 5.92 Å². The molecule has 0 spiro atoms. The van der Waals surface area contributed by atoms with E-state index in [1.54, 1.807) is 0 Å². The van der Waals surface area contributed by atoms with Gasteiger partial charge in [-0.25, -0.2) is 0 Å². The van der Waals surface area contributed by atoms with Crippen molar-refractivity contribution >= 4 is 29.1 Å². The molecule has 0 saturated carbocycles. The van der Waals surface area contributed by atoms with Crippen LogP contribution in [-0.2, 0) is 16.1 Å². The fourth-order valence-electron chi connectivity index (χ4n) is 1.23. The lowest BCUT2D eigenvalue weighted by Crippen LogP contribution is -2.41. The third-order valence-electron chi connectivity index (χ3n) is 2.12. The number of hydrogen-bond acceptors (Lipinski definition) is 6. The van der Waals surface area contributed by atoms with Gasteiger partial charge in [-0.1, -0.05) is 29.9 Å². The molecule has 0 aromatic carbocycles. The molecule has 16 heavy (non-hydrogen) atoms. The number of aromatic nitrogens is 2. The number of rotatable bonds is 5. The minimum atomic E-state index is -0.359. The van der Waals surface area contributed by atoms with Crippen LogP contribution in [0, 0.1) is 5.92 Å². The predicted octanol–water partition coefficient (Wildman–Crippen LogP) is 1.48. The maximum absolute atomic E-state index is 11.4. The van der Waals surface area contributed by atoms with Gasteiger partial charge in [0.15, 0.2) is 0 Å². The first-order valence-electron chi connectivity index (χ1n) is 4.84. The summed E-state index contributed by atoms with van der Waals surface area (Å²) >= 11 is 6.98. The fraction of sp³-hybridized carbons (Fsp3) is 0.667. The summed E-state index contributed by atoms with van der Waals surface area (Å²) in [5, 5.41) is 6.91. The molecule has 1 unspecified atom stereocenters. The second-order valence-electron chi connectivity index (χ2n) is 3.62. The van der Waals surface area contributed by atoms with Crippen LogP contribution in [0.2, 0.25) is 4.34 Å². The van der Waals surface area contributed by atoms with Crippen molar-refractivity contribution in [3.05, 3.63) is 10.0 Å². The van der Waals surface area contributed by atoms with Crippen LogP contribution in [-0.4, -0.2) is 28.7 Å². The monoisotopic (exact) mass is 263 g/mol. The van der Waals surface area contributed by atoms with Crippen LogP contribution >= 0.6 is 23.1 Å². The molecule has 0 bridgehead atoms. The van der Waals surface area contributed by atoms with Gasteiger partial charge in [-0.3, -0.25) is 10.1 Å². The van der Waals surface area contributed by atoms with Crippen LogP contribution < -0.4 is 5.32 Å². The summed E-state index contributed by atoms with van der Waals surface area (Å²) in [6.07, 6.45) is 0. The molecule has 90 valence electrons. The normalized spacial score (nSPS) is 12.8. The third kappa shape index (κ3) is 3.40. The number of ether oxygens (including phenoxy) is 1. The van der Waals surface area contributed by atoms with E-state index < -0.39 is 0 Å². The lowest BCUT2D eigenvalue weighted by molar-refractivity contribution is -0.144. The van der Waals surface area contributed by atoms with E-state index in [1.165, 1.54) is 7.11 Å². The standard InChI is InChI=1S/C9H14ClN3O2S/c1-5(2)7(9(14)15-3)11-4-6-8(10)16-13-12-6/h5,7,11H,4H2,1-3H3. The van der Waals surface area contributed by atoms with Crippen molar-refractivity contribution in [3.63, 3.8) is 0 Å². The Morgan fingerprint density at radius 1 is 1.62 bits per heavy atom. The zero-order chi connectivity index (χ0) is 12.1. The molecular formula is C9H14ClN3O2S. The highest BCUT2D eigenvalue weighted by molar-refractivity contribution is 7.10. The van der Waals surface area contributed by atoms with Crippen molar-refractivity contribution in [1.29, 1.82) is 0 Å². The van der Waals surface area contributed by atoms with Crippen LogP contribution in [0.5, 0.6) is 0 Å². The highest BCUT2D eigenvalue weighted by Crippen LogP contribution is 2.17. The summed E-state index contributed by atoms with van der Waals surface area (Å²) < 4.78 is 8.96. The van der Waals surface area contributed by atoms with Gasteiger partial charge in [0.2, 0.25) is 0 Å². The highest BCUT2D eigenvalue weighted by atomic mass is 35.5. The zero-order valence-electron chi connectivity index (χ0n) is 9.36. The van der Waals surface area contributed by atoms with Crippen LogP contribution in [0.4, 0.5) is 0 Å². The first-order chi connectivity index (χ1) is 7.56. The molecular weight excluding hydrogens is 250 g/mol. The number of carbonyl (C=O) groups is 1. The Morgan fingerprint density at radius 3 is 2.75 bits per heavy atom. The Kier molecular flexibility index (Phi) is 5.11. The molecule has 1 rings (SSSR count). The average molecular weight is 264 g/mol.